The lowest BCUT2D eigenvalue weighted by Gasteiger charge is -2.27. The molecule has 1 aliphatic carbocycles. The fourth-order valence-electron chi connectivity index (χ4n) is 2.64. The second-order valence-electron chi connectivity index (χ2n) is 4.32. The molecular formula is C10H16N2. The lowest BCUT2D eigenvalue weighted by atomic mass is 10.1. The van der Waals surface area contributed by atoms with E-state index in [1.807, 2.05) is 6.92 Å². The maximum atomic E-state index is 8.69. The monoisotopic (exact) mass is 164 g/mol. The summed E-state index contributed by atoms with van der Waals surface area (Å²) < 4.78 is 0. The van der Waals surface area contributed by atoms with Crippen molar-refractivity contribution in [2.24, 2.45) is 11.8 Å². The predicted octanol–water partition coefficient (Wildman–Crippen LogP) is 1.63. The summed E-state index contributed by atoms with van der Waals surface area (Å²) in [6, 6.07) is 3.13. The largest absolute Gasteiger partial charge is 0.299 e. The summed E-state index contributed by atoms with van der Waals surface area (Å²) in [5.41, 5.74) is 0. The van der Waals surface area contributed by atoms with Gasteiger partial charge in [0.2, 0.25) is 0 Å². The number of rotatable bonds is 2. The van der Waals surface area contributed by atoms with Crippen molar-refractivity contribution in [2.45, 2.75) is 32.2 Å². The van der Waals surface area contributed by atoms with Crippen LogP contribution in [0.3, 0.4) is 0 Å². The average Bonchev–Trinajstić information content (AvgIpc) is 2.64. The highest BCUT2D eigenvalue weighted by Gasteiger charge is 2.37. The molecule has 3 atom stereocenters. The van der Waals surface area contributed by atoms with Crippen LogP contribution >= 0.6 is 0 Å². The van der Waals surface area contributed by atoms with Gasteiger partial charge in [-0.3, -0.25) is 4.90 Å². The molecule has 0 aromatic rings. The Morgan fingerprint density at radius 2 is 2.42 bits per heavy atom. The van der Waals surface area contributed by atoms with E-state index in [9.17, 15) is 0 Å². The summed E-state index contributed by atoms with van der Waals surface area (Å²) in [7, 11) is 0. The minimum Gasteiger partial charge on any atom is -0.299 e. The zero-order valence-corrected chi connectivity index (χ0v) is 7.66. The van der Waals surface area contributed by atoms with E-state index in [1.54, 1.807) is 0 Å². The molecule has 2 nitrogen and oxygen atoms in total. The lowest BCUT2D eigenvalue weighted by molar-refractivity contribution is 0.200. The molecule has 2 heteroatoms. The van der Waals surface area contributed by atoms with E-state index in [4.69, 9.17) is 5.26 Å². The van der Waals surface area contributed by atoms with Crippen LogP contribution in [0.25, 0.3) is 0 Å². The molecule has 1 saturated heterocycles. The number of hydrogen-bond donors (Lipinski definition) is 0. The Labute approximate surface area is 74.2 Å². The van der Waals surface area contributed by atoms with Gasteiger partial charge in [-0.05, 0) is 32.1 Å². The minimum atomic E-state index is 0.212. The van der Waals surface area contributed by atoms with Gasteiger partial charge in [0.05, 0.1) is 12.0 Å². The molecule has 2 aliphatic rings. The lowest BCUT2D eigenvalue weighted by Crippen LogP contribution is -2.35. The van der Waals surface area contributed by atoms with Gasteiger partial charge < -0.3 is 0 Å². The zero-order chi connectivity index (χ0) is 8.55. The molecule has 0 spiro atoms. The summed E-state index contributed by atoms with van der Waals surface area (Å²) in [5.74, 6) is 1.17. The van der Waals surface area contributed by atoms with Gasteiger partial charge in [-0.2, -0.15) is 5.26 Å². The van der Waals surface area contributed by atoms with E-state index in [0.29, 0.717) is 0 Å². The summed E-state index contributed by atoms with van der Waals surface area (Å²) in [5, 5.41) is 8.69. The number of nitrogens with zero attached hydrogens (tertiary/aromatic N) is 2. The number of nitriles is 1. The molecule has 0 amide bonds. The maximum Gasteiger partial charge on any atom is 0.0666 e. The first-order chi connectivity index (χ1) is 5.79. The van der Waals surface area contributed by atoms with Crippen molar-refractivity contribution < 1.29 is 0 Å². The van der Waals surface area contributed by atoms with E-state index < -0.39 is 0 Å². The topological polar surface area (TPSA) is 27.0 Å². The van der Waals surface area contributed by atoms with Crippen molar-refractivity contribution in [3.05, 3.63) is 0 Å². The number of fused-ring (bicyclic) bond motifs is 2. The van der Waals surface area contributed by atoms with Crippen molar-refractivity contribution >= 4 is 0 Å². The summed E-state index contributed by atoms with van der Waals surface area (Å²) in [4.78, 5) is 2.52. The molecule has 0 aromatic heterocycles. The van der Waals surface area contributed by atoms with Crippen LogP contribution in [0.15, 0.2) is 0 Å². The highest BCUT2D eigenvalue weighted by atomic mass is 15.2. The average molecular weight is 164 g/mol. The SMILES string of the molecule is CC(C#N)CN1CC2CCC1C2. The number of piperidine rings is 1. The molecule has 2 bridgehead atoms. The van der Waals surface area contributed by atoms with Gasteiger partial charge >= 0.3 is 0 Å². The van der Waals surface area contributed by atoms with Crippen molar-refractivity contribution in [2.75, 3.05) is 13.1 Å². The second kappa shape index (κ2) is 3.06. The van der Waals surface area contributed by atoms with Crippen LogP contribution in [0, 0.1) is 23.2 Å². The van der Waals surface area contributed by atoms with Crippen molar-refractivity contribution in [1.82, 2.24) is 4.90 Å². The Morgan fingerprint density at radius 1 is 1.58 bits per heavy atom. The van der Waals surface area contributed by atoms with Gasteiger partial charge in [-0.25, -0.2) is 0 Å². The third-order valence-corrected chi connectivity index (χ3v) is 3.25. The van der Waals surface area contributed by atoms with Crippen molar-refractivity contribution in [3.8, 4) is 6.07 Å². The first-order valence-electron chi connectivity index (χ1n) is 4.93. The van der Waals surface area contributed by atoms with Crippen LogP contribution < -0.4 is 0 Å². The highest BCUT2D eigenvalue weighted by Crippen LogP contribution is 2.37. The molecule has 12 heavy (non-hydrogen) atoms. The van der Waals surface area contributed by atoms with E-state index in [0.717, 1.165) is 18.5 Å². The van der Waals surface area contributed by atoms with Crippen LogP contribution in [0.4, 0.5) is 0 Å². The van der Waals surface area contributed by atoms with Crippen LogP contribution in [0.2, 0.25) is 0 Å². The first-order valence-corrected chi connectivity index (χ1v) is 4.93. The summed E-state index contributed by atoms with van der Waals surface area (Å²) in [6.45, 7) is 4.28. The smallest absolute Gasteiger partial charge is 0.0666 e. The summed E-state index contributed by atoms with van der Waals surface area (Å²) >= 11 is 0. The molecule has 2 rings (SSSR count). The molecule has 1 aliphatic heterocycles. The van der Waals surface area contributed by atoms with E-state index in [2.05, 4.69) is 11.0 Å². The van der Waals surface area contributed by atoms with Crippen molar-refractivity contribution in [1.29, 1.82) is 5.26 Å². The molecule has 2 fully saturated rings. The molecule has 66 valence electrons. The number of likely N-dealkylation sites (tertiary alicyclic amines) is 1. The van der Waals surface area contributed by atoms with Gasteiger partial charge in [0.15, 0.2) is 0 Å². The predicted molar refractivity (Wildman–Crippen MR) is 47.5 cm³/mol. The van der Waals surface area contributed by atoms with Crippen LogP contribution in [-0.4, -0.2) is 24.0 Å². The molecule has 1 saturated carbocycles. The Bertz CT molecular complexity index is 206. The third kappa shape index (κ3) is 1.34. The molecule has 0 N–H and O–H groups in total. The first kappa shape index (κ1) is 8.07. The molecule has 0 radical (unpaired) electrons. The normalized spacial score (nSPS) is 36.7. The number of hydrogen-bond acceptors (Lipinski definition) is 2. The minimum absolute atomic E-state index is 0.212. The second-order valence-corrected chi connectivity index (χ2v) is 4.32. The fourth-order valence-corrected chi connectivity index (χ4v) is 2.64. The van der Waals surface area contributed by atoms with Gasteiger partial charge in [0.1, 0.15) is 0 Å². The fraction of sp³-hybridized carbons (Fsp3) is 0.900. The van der Waals surface area contributed by atoms with E-state index in [1.165, 1.54) is 25.8 Å². The van der Waals surface area contributed by atoms with Gasteiger partial charge in [-0.1, -0.05) is 0 Å². The van der Waals surface area contributed by atoms with Gasteiger partial charge in [-0.15, -0.1) is 0 Å². The van der Waals surface area contributed by atoms with E-state index in [-0.39, 0.29) is 5.92 Å². The Balaban J connectivity index is 1.87. The standard InChI is InChI=1S/C10H16N2/c1-8(5-11)6-12-7-9-2-3-10(12)4-9/h8-10H,2-4,6-7H2,1H3. The van der Waals surface area contributed by atoms with Crippen molar-refractivity contribution in [3.63, 3.8) is 0 Å². The maximum absolute atomic E-state index is 8.69. The van der Waals surface area contributed by atoms with Crippen LogP contribution in [0.1, 0.15) is 26.2 Å². The van der Waals surface area contributed by atoms with Crippen LogP contribution in [-0.2, 0) is 0 Å². The zero-order valence-electron chi connectivity index (χ0n) is 7.66. The summed E-state index contributed by atoms with van der Waals surface area (Å²) in [6.07, 6.45) is 4.21. The van der Waals surface area contributed by atoms with Gasteiger partial charge in [0.25, 0.3) is 0 Å². The molecule has 3 unspecified atom stereocenters. The van der Waals surface area contributed by atoms with E-state index >= 15 is 0 Å². The molecule has 0 aromatic carbocycles. The molecular weight excluding hydrogens is 148 g/mol. The highest BCUT2D eigenvalue weighted by molar-refractivity contribution is 4.94. The molecule has 1 heterocycles. The third-order valence-electron chi connectivity index (χ3n) is 3.25. The Hall–Kier alpha value is -0.550. The Kier molecular flexibility index (Phi) is 2.06. The van der Waals surface area contributed by atoms with Crippen LogP contribution in [0.5, 0.6) is 0 Å². The Morgan fingerprint density at radius 3 is 2.92 bits per heavy atom. The van der Waals surface area contributed by atoms with Gasteiger partial charge in [0, 0.05) is 19.1 Å². The quantitative estimate of drug-likeness (QED) is 0.620.